The quantitative estimate of drug-likeness (QED) is 0.854. The molecule has 0 aromatic heterocycles. The Hall–Kier alpha value is -2.60. The molecule has 1 fully saturated rings. The van der Waals surface area contributed by atoms with Crippen LogP contribution in [0.3, 0.4) is 0 Å². The van der Waals surface area contributed by atoms with Gasteiger partial charge in [-0.25, -0.2) is 9.18 Å². The number of likely N-dealkylation sites (tertiary alicyclic amines) is 1. The fraction of sp³-hybridized carbons (Fsp3) is 0.263. The summed E-state index contributed by atoms with van der Waals surface area (Å²) < 4.78 is 12.9. The summed E-state index contributed by atoms with van der Waals surface area (Å²) in [7, 11) is 0. The van der Waals surface area contributed by atoms with Crippen molar-refractivity contribution >= 4 is 29.2 Å². The summed E-state index contributed by atoms with van der Waals surface area (Å²) in [6.07, 6.45) is 1.38. The van der Waals surface area contributed by atoms with Crippen LogP contribution in [0.1, 0.15) is 18.4 Å². The number of nitrogens with one attached hydrogen (secondary N) is 2. The number of benzene rings is 2. The molecule has 26 heavy (non-hydrogen) atoms. The van der Waals surface area contributed by atoms with E-state index < -0.39 is 6.04 Å². The van der Waals surface area contributed by atoms with E-state index in [1.807, 2.05) is 0 Å². The van der Waals surface area contributed by atoms with Gasteiger partial charge in [-0.2, -0.15) is 0 Å². The third-order valence-electron chi connectivity index (χ3n) is 4.29. The van der Waals surface area contributed by atoms with Gasteiger partial charge in [0.1, 0.15) is 11.9 Å². The summed E-state index contributed by atoms with van der Waals surface area (Å²) in [5.41, 5.74) is 1.42. The minimum absolute atomic E-state index is 0.210. The van der Waals surface area contributed by atoms with Crippen LogP contribution >= 0.6 is 11.6 Å². The van der Waals surface area contributed by atoms with E-state index in [-0.39, 0.29) is 17.8 Å². The number of nitrogens with zero attached hydrogens (tertiary/aromatic N) is 1. The van der Waals surface area contributed by atoms with Gasteiger partial charge < -0.3 is 15.5 Å². The van der Waals surface area contributed by atoms with E-state index >= 15 is 0 Å². The average molecular weight is 376 g/mol. The highest BCUT2D eigenvalue weighted by Crippen LogP contribution is 2.20. The Kier molecular flexibility index (Phi) is 5.73. The van der Waals surface area contributed by atoms with E-state index in [1.165, 1.54) is 17.0 Å². The summed E-state index contributed by atoms with van der Waals surface area (Å²) in [6.45, 7) is 0.816. The Morgan fingerprint density at radius 2 is 1.81 bits per heavy atom. The third kappa shape index (κ3) is 4.52. The normalized spacial score (nSPS) is 16.4. The number of rotatable bonds is 4. The Bertz CT molecular complexity index is 780. The lowest BCUT2D eigenvalue weighted by Gasteiger charge is -2.24. The smallest absolute Gasteiger partial charge is 0.322 e. The molecule has 0 radical (unpaired) electrons. The molecule has 1 atom stereocenters. The lowest BCUT2D eigenvalue weighted by molar-refractivity contribution is -0.124. The standard InChI is InChI=1S/C19H19ClFN3O2/c20-14-5-9-16(10-6-14)23-19(26)24-11-1-2-17(24)18(25)22-12-13-3-7-15(21)8-4-13/h3-10,17H,1-2,11-12H2,(H,22,25)(H,23,26)/t17-/m1/s1. The van der Waals surface area contributed by atoms with Crippen molar-refractivity contribution in [2.24, 2.45) is 0 Å². The molecule has 1 aliphatic heterocycles. The van der Waals surface area contributed by atoms with Crippen molar-refractivity contribution in [2.75, 3.05) is 11.9 Å². The van der Waals surface area contributed by atoms with Gasteiger partial charge in [-0.1, -0.05) is 23.7 Å². The summed E-state index contributed by atoms with van der Waals surface area (Å²) in [6, 6.07) is 11.9. The lowest BCUT2D eigenvalue weighted by Crippen LogP contribution is -2.47. The molecule has 3 rings (SSSR count). The van der Waals surface area contributed by atoms with Gasteiger partial charge in [-0.15, -0.1) is 0 Å². The van der Waals surface area contributed by atoms with E-state index in [4.69, 9.17) is 11.6 Å². The van der Waals surface area contributed by atoms with E-state index in [9.17, 15) is 14.0 Å². The zero-order valence-electron chi connectivity index (χ0n) is 14.0. The molecule has 136 valence electrons. The number of hydrogen-bond acceptors (Lipinski definition) is 2. The van der Waals surface area contributed by atoms with Crippen molar-refractivity contribution in [3.05, 3.63) is 64.9 Å². The fourth-order valence-corrected chi connectivity index (χ4v) is 3.05. The van der Waals surface area contributed by atoms with E-state index in [0.717, 1.165) is 12.0 Å². The number of hydrogen-bond donors (Lipinski definition) is 2. The van der Waals surface area contributed by atoms with Crippen LogP contribution in [0.15, 0.2) is 48.5 Å². The molecular formula is C19H19ClFN3O2. The summed E-state index contributed by atoms with van der Waals surface area (Å²) in [4.78, 5) is 26.5. The highest BCUT2D eigenvalue weighted by atomic mass is 35.5. The molecule has 2 N–H and O–H groups in total. The van der Waals surface area contributed by atoms with Crippen LogP contribution in [0.2, 0.25) is 5.02 Å². The Labute approximate surface area is 156 Å². The van der Waals surface area contributed by atoms with Crippen LogP contribution in [0, 0.1) is 5.82 Å². The van der Waals surface area contributed by atoms with E-state index in [2.05, 4.69) is 10.6 Å². The average Bonchev–Trinajstić information content (AvgIpc) is 3.13. The third-order valence-corrected chi connectivity index (χ3v) is 4.54. The van der Waals surface area contributed by atoms with Crippen molar-refractivity contribution in [3.63, 3.8) is 0 Å². The van der Waals surface area contributed by atoms with Gasteiger partial charge in [0, 0.05) is 23.8 Å². The molecule has 0 aliphatic carbocycles. The first-order valence-corrected chi connectivity index (χ1v) is 8.76. The number of carbonyl (C=O) groups is 2. The second-order valence-corrected chi connectivity index (χ2v) is 6.57. The van der Waals surface area contributed by atoms with Gasteiger partial charge in [-0.3, -0.25) is 4.79 Å². The Morgan fingerprint density at radius 1 is 1.12 bits per heavy atom. The SMILES string of the molecule is O=C(NCc1ccc(F)cc1)[C@H]1CCCN1C(=O)Nc1ccc(Cl)cc1. The molecule has 0 saturated carbocycles. The molecule has 0 spiro atoms. The van der Waals surface area contributed by atoms with Gasteiger partial charge in [0.15, 0.2) is 0 Å². The number of halogens is 2. The van der Waals surface area contributed by atoms with Crippen molar-refractivity contribution in [3.8, 4) is 0 Å². The first kappa shape index (κ1) is 18.2. The largest absolute Gasteiger partial charge is 0.350 e. The minimum Gasteiger partial charge on any atom is -0.350 e. The van der Waals surface area contributed by atoms with Crippen LogP contribution < -0.4 is 10.6 Å². The maximum Gasteiger partial charge on any atom is 0.322 e. The van der Waals surface area contributed by atoms with Gasteiger partial charge in [-0.05, 0) is 54.8 Å². The summed E-state index contributed by atoms with van der Waals surface area (Å²) in [5, 5.41) is 6.18. The second-order valence-electron chi connectivity index (χ2n) is 6.13. The van der Waals surface area contributed by atoms with E-state index in [1.54, 1.807) is 36.4 Å². The second kappa shape index (κ2) is 8.19. The predicted molar refractivity (Wildman–Crippen MR) is 98.4 cm³/mol. The molecule has 2 aromatic rings. The van der Waals surface area contributed by atoms with Gasteiger partial charge in [0.25, 0.3) is 0 Å². The molecule has 7 heteroatoms. The molecule has 5 nitrogen and oxygen atoms in total. The van der Waals surface area contributed by atoms with Crippen molar-refractivity contribution < 1.29 is 14.0 Å². The molecule has 0 bridgehead atoms. The van der Waals surface area contributed by atoms with Crippen LogP contribution in [0.4, 0.5) is 14.9 Å². The minimum atomic E-state index is -0.511. The molecule has 0 unspecified atom stereocenters. The van der Waals surface area contributed by atoms with Gasteiger partial charge in [0.2, 0.25) is 5.91 Å². The fourth-order valence-electron chi connectivity index (χ4n) is 2.92. The molecule has 1 saturated heterocycles. The maximum absolute atomic E-state index is 12.9. The maximum atomic E-state index is 12.9. The zero-order chi connectivity index (χ0) is 18.5. The number of amides is 3. The predicted octanol–water partition coefficient (Wildman–Crippen LogP) is 3.79. The van der Waals surface area contributed by atoms with Gasteiger partial charge >= 0.3 is 6.03 Å². The van der Waals surface area contributed by atoms with Crippen molar-refractivity contribution in [1.82, 2.24) is 10.2 Å². The number of urea groups is 1. The molecule has 3 amide bonds. The number of anilines is 1. The Balaban J connectivity index is 1.57. The molecule has 1 heterocycles. The summed E-state index contributed by atoms with van der Waals surface area (Å²) in [5.74, 6) is -0.529. The molecule has 2 aromatic carbocycles. The highest BCUT2D eigenvalue weighted by Gasteiger charge is 2.34. The first-order valence-electron chi connectivity index (χ1n) is 8.38. The number of carbonyl (C=O) groups excluding carboxylic acids is 2. The topological polar surface area (TPSA) is 61.4 Å². The molecular weight excluding hydrogens is 357 g/mol. The zero-order valence-corrected chi connectivity index (χ0v) is 14.8. The lowest BCUT2D eigenvalue weighted by atomic mass is 10.2. The summed E-state index contributed by atoms with van der Waals surface area (Å²) >= 11 is 5.84. The van der Waals surface area contributed by atoms with Crippen molar-refractivity contribution in [1.29, 1.82) is 0 Å². The van der Waals surface area contributed by atoms with Gasteiger partial charge in [0.05, 0.1) is 0 Å². The highest BCUT2D eigenvalue weighted by molar-refractivity contribution is 6.30. The van der Waals surface area contributed by atoms with E-state index in [0.29, 0.717) is 30.2 Å². The molecule has 1 aliphatic rings. The van der Waals surface area contributed by atoms with Crippen molar-refractivity contribution in [2.45, 2.75) is 25.4 Å². The first-order chi connectivity index (χ1) is 12.5. The van der Waals surface area contributed by atoms with Crippen LogP contribution in [-0.2, 0) is 11.3 Å². The Morgan fingerprint density at radius 3 is 2.50 bits per heavy atom. The van der Waals surface area contributed by atoms with Crippen LogP contribution in [-0.4, -0.2) is 29.4 Å². The monoisotopic (exact) mass is 375 g/mol. The van der Waals surface area contributed by atoms with Crippen LogP contribution in [0.5, 0.6) is 0 Å². The van der Waals surface area contributed by atoms with Crippen LogP contribution in [0.25, 0.3) is 0 Å².